The lowest BCUT2D eigenvalue weighted by molar-refractivity contribution is 0.493. The summed E-state index contributed by atoms with van der Waals surface area (Å²) in [5, 5.41) is 17.9. The molecule has 0 N–H and O–H groups in total. The average molecular weight is 453 g/mol. The van der Waals surface area contributed by atoms with Gasteiger partial charge >= 0.3 is 0 Å². The van der Waals surface area contributed by atoms with Gasteiger partial charge < -0.3 is 4.90 Å². The lowest BCUT2D eigenvalue weighted by Crippen LogP contribution is -2.34. The fourth-order valence-corrected chi connectivity index (χ4v) is 4.20. The van der Waals surface area contributed by atoms with Gasteiger partial charge in [0.05, 0.1) is 42.5 Å². The molecule has 0 bridgehead atoms. The summed E-state index contributed by atoms with van der Waals surface area (Å²) >= 11 is 0. The molecule has 0 aliphatic carbocycles. The summed E-state index contributed by atoms with van der Waals surface area (Å²) in [6, 6.07) is 11.7. The molecule has 1 unspecified atom stereocenters. The summed E-state index contributed by atoms with van der Waals surface area (Å²) in [5.41, 5.74) is 3.90. The predicted octanol–water partition coefficient (Wildman–Crippen LogP) is 2.75. The number of rotatable bonds is 5. The molecule has 1 fully saturated rings. The molecule has 0 saturated carbocycles. The lowest BCUT2D eigenvalue weighted by Gasteiger charge is -2.30. The van der Waals surface area contributed by atoms with Gasteiger partial charge in [0.1, 0.15) is 11.4 Å². The second-order valence-electron chi connectivity index (χ2n) is 8.50. The first-order chi connectivity index (χ1) is 16.6. The molecule has 1 aliphatic rings. The lowest BCUT2D eigenvalue weighted by atomic mass is 9.99. The Bertz CT molecular complexity index is 1400. The highest BCUT2D eigenvalue weighted by Crippen LogP contribution is 2.24. The highest BCUT2D eigenvalue weighted by molar-refractivity contribution is 5.58. The number of nitriles is 1. The van der Waals surface area contributed by atoms with Gasteiger partial charge in [0.15, 0.2) is 5.82 Å². The van der Waals surface area contributed by atoms with Gasteiger partial charge in [0.2, 0.25) is 5.43 Å². The van der Waals surface area contributed by atoms with Crippen LogP contribution in [0.2, 0.25) is 0 Å². The van der Waals surface area contributed by atoms with Crippen LogP contribution in [0.1, 0.15) is 24.1 Å². The van der Waals surface area contributed by atoms with E-state index < -0.39 is 0 Å². The van der Waals surface area contributed by atoms with E-state index in [0.29, 0.717) is 17.9 Å². The minimum absolute atomic E-state index is 0.0550. The third-order valence-electron chi connectivity index (χ3n) is 6.00. The third kappa shape index (κ3) is 4.57. The first kappa shape index (κ1) is 21.5. The molecular weight excluding hydrogens is 428 g/mol. The van der Waals surface area contributed by atoms with E-state index in [1.54, 1.807) is 21.8 Å². The van der Waals surface area contributed by atoms with Crippen LogP contribution >= 0.6 is 0 Å². The van der Waals surface area contributed by atoms with Crippen molar-refractivity contribution in [3.05, 3.63) is 82.8 Å². The molecule has 5 rings (SSSR count). The highest BCUT2D eigenvalue weighted by Gasteiger charge is 2.20. The Morgan fingerprint density at radius 3 is 2.76 bits per heavy atom. The SMILES string of the molecule is Cn1cc(-n2ccc(=O)c(Cc3cccc(-c4ncc(N5CCCC(C#N)C5)cn4)c3)n2)cn1. The second kappa shape index (κ2) is 9.27. The number of anilines is 1. The van der Waals surface area contributed by atoms with Gasteiger partial charge in [-0.1, -0.05) is 18.2 Å². The first-order valence-electron chi connectivity index (χ1n) is 11.2. The number of hydrogen-bond donors (Lipinski definition) is 0. The number of piperidine rings is 1. The molecule has 34 heavy (non-hydrogen) atoms. The van der Waals surface area contributed by atoms with E-state index in [1.807, 2.05) is 49.9 Å². The van der Waals surface area contributed by atoms with Gasteiger partial charge in [-0.15, -0.1) is 0 Å². The summed E-state index contributed by atoms with van der Waals surface area (Å²) in [4.78, 5) is 23.8. The Morgan fingerprint density at radius 1 is 1.15 bits per heavy atom. The van der Waals surface area contributed by atoms with E-state index in [4.69, 9.17) is 0 Å². The summed E-state index contributed by atoms with van der Waals surface area (Å²) < 4.78 is 3.35. The molecular formula is C25H24N8O. The van der Waals surface area contributed by atoms with Crippen molar-refractivity contribution >= 4 is 5.69 Å². The minimum Gasteiger partial charge on any atom is -0.368 e. The molecule has 170 valence electrons. The molecule has 1 atom stereocenters. The normalized spacial score (nSPS) is 15.8. The van der Waals surface area contributed by atoms with Gasteiger partial charge in [-0.3, -0.25) is 9.48 Å². The van der Waals surface area contributed by atoms with E-state index >= 15 is 0 Å². The van der Waals surface area contributed by atoms with E-state index in [2.05, 4.69) is 31.1 Å². The first-order valence-corrected chi connectivity index (χ1v) is 11.2. The topological polar surface area (TPSA) is 106 Å². The fraction of sp³-hybridized carbons (Fsp3) is 0.280. The maximum absolute atomic E-state index is 12.5. The van der Waals surface area contributed by atoms with Crippen molar-refractivity contribution in [2.75, 3.05) is 18.0 Å². The summed E-state index contributed by atoms with van der Waals surface area (Å²) in [6.45, 7) is 1.63. The molecule has 1 saturated heterocycles. The van der Waals surface area contributed by atoms with E-state index in [-0.39, 0.29) is 11.3 Å². The number of benzene rings is 1. The van der Waals surface area contributed by atoms with E-state index in [1.165, 1.54) is 6.07 Å². The molecule has 3 aromatic heterocycles. The number of aryl methyl sites for hydroxylation is 1. The fourth-order valence-electron chi connectivity index (χ4n) is 4.20. The molecule has 1 aliphatic heterocycles. The highest BCUT2D eigenvalue weighted by atomic mass is 16.1. The zero-order valence-corrected chi connectivity index (χ0v) is 18.9. The summed E-state index contributed by atoms with van der Waals surface area (Å²) in [5.74, 6) is 0.674. The Kier molecular flexibility index (Phi) is 5.87. The Hall–Kier alpha value is -4.32. The van der Waals surface area contributed by atoms with Gasteiger partial charge in [0.25, 0.3) is 0 Å². The molecule has 0 radical (unpaired) electrons. The molecule has 0 amide bonds. The van der Waals surface area contributed by atoms with Crippen molar-refractivity contribution in [3.63, 3.8) is 0 Å². The number of nitrogens with zero attached hydrogens (tertiary/aromatic N) is 8. The largest absolute Gasteiger partial charge is 0.368 e. The van der Waals surface area contributed by atoms with Gasteiger partial charge in [-0.05, 0) is 24.5 Å². The quantitative estimate of drug-likeness (QED) is 0.458. The Morgan fingerprint density at radius 2 is 2.00 bits per heavy atom. The minimum atomic E-state index is -0.108. The zero-order valence-electron chi connectivity index (χ0n) is 18.9. The summed E-state index contributed by atoms with van der Waals surface area (Å²) in [7, 11) is 1.84. The van der Waals surface area contributed by atoms with Crippen molar-refractivity contribution in [2.24, 2.45) is 13.0 Å². The van der Waals surface area contributed by atoms with Crippen LogP contribution in [0.15, 0.2) is 66.1 Å². The van der Waals surface area contributed by atoms with Crippen LogP contribution in [0.25, 0.3) is 17.1 Å². The van der Waals surface area contributed by atoms with E-state index in [0.717, 1.165) is 48.4 Å². The van der Waals surface area contributed by atoms with Gasteiger partial charge in [-0.2, -0.15) is 15.5 Å². The molecule has 9 nitrogen and oxygen atoms in total. The molecule has 0 spiro atoms. The average Bonchev–Trinajstić information content (AvgIpc) is 3.32. The molecule has 4 aromatic rings. The van der Waals surface area contributed by atoms with Crippen molar-refractivity contribution in [1.82, 2.24) is 29.5 Å². The maximum atomic E-state index is 12.5. The Balaban J connectivity index is 1.35. The summed E-state index contributed by atoms with van der Waals surface area (Å²) in [6.07, 6.45) is 11.2. The number of aromatic nitrogens is 6. The van der Waals surface area contributed by atoms with Crippen LogP contribution in [0.5, 0.6) is 0 Å². The predicted molar refractivity (Wildman–Crippen MR) is 127 cm³/mol. The monoisotopic (exact) mass is 452 g/mol. The van der Waals surface area contributed by atoms with E-state index in [9.17, 15) is 10.1 Å². The maximum Gasteiger partial charge on any atom is 0.203 e. The van der Waals surface area contributed by atoms with Crippen LogP contribution in [0.3, 0.4) is 0 Å². The second-order valence-corrected chi connectivity index (χ2v) is 8.50. The molecule has 4 heterocycles. The van der Waals surface area contributed by atoms with Crippen molar-refractivity contribution in [2.45, 2.75) is 19.3 Å². The van der Waals surface area contributed by atoms with Crippen molar-refractivity contribution < 1.29 is 0 Å². The van der Waals surface area contributed by atoms with Crippen LogP contribution in [0, 0.1) is 17.2 Å². The number of hydrogen-bond acceptors (Lipinski definition) is 7. The molecule has 9 heteroatoms. The standard InChI is InChI=1S/C25H24N8O/c1-31-17-22(15-29-31)33-9-7-24(34)23(30-33)11-18-4-2-6-20(10-18)25-27-13-21(14-28-25)32-8-3-5-19(12-26)16-32/h2,4,6-7,9-10,13-15,17,19H,3,5,8,11,16H2,1H3. The molecule has 1 aromatic carbocycles. The van der Waals surface area contributed by atoms with Gasteiger partial charge in [0, 0.05) is 44.4 Å². The Labute approximate surface area is 196 Å². The van der Waals surface area contributed by atoms with Crippen LogP contribution in [0.4, 0.5) is 5.69 Å². The smallest absolute Gasteiger partial charge is 0.203 e. The van der Waals surface area contributed by atoms with Crippen molar-refractivity contribution in [3.8, 4) is 23.1 Å². The van der Waals surface area contributed by atoms with Crippen molar-refractivity contribution in [1.29, 1.82) is 5.26 Å². The van der Waals surface area contributed by atoms with Crippen LogP contribution in [-0.4, -0.2) is 42.6 Å². The zero-order chi connectivity index (χ0) is 23.5. The van der Waals surface area contributed by atoms with Gasteiger partial charge in [-0.25, -0.2) is 14.6 Å². The third-order valence-corrected chi connectivity index (χ3v) is 6.00. The van der Waals surface area contributed by atoms with Crippen LogP contribution < -0.4 is 10.3 Å². The van der Waals surface area contributed by atoms with Crippen LogP contribution in [-0.2, 0) is 13.5 Å².